The molecule has 0 radical (unpaired) electrons. The molecule has 18 rings (SSSR count). The van der Waals surface area contributed by atoms with Gasteiger partial charge in [0.1, 0.15) is 19.3 Å². The first-order valence-electron chi connectivity index (χ1n) is 40.7. The Morgan fingerprint density at radius 2 is 0.466 bits per heavy atom. The van der Waals surface area contributed by atoms with Gasteiger partial charge in [0, 0.05) is 162 Å². The van der Waals surface area contributed by atoms with Crippen LogP contribution < -0.4 is 21.6 Å². The Bertz CT molecular complexity index is 5970. The lowest BCUT2D eigenvalue weighted by Crippen LogP contribution is -2.14. The van der Waals surface area contributed by atoms with E-state index >= 15 is 0 Å². The number of tetrazole rings is 9. The van der Waals surface area contributed by atoms with Crippen molar-refractivity contribution in [3.05, 3.63) is 258 Å². The van der Waals surface area contributed by atoms with Crippen LogP contribution in [0.4, 0.5) is 15.8 Å². The zero-order chi connectivity index (χ0) is 94.6. The molecule has 0 bridgehead atoms. The minimum Gasteiger partial charge on any atom is -0.380 e. The summed E-state index contributed by atoms with van der Waals surface area (Å²) in [6.45, 7) is 7.41. The number of hydroxylamine groups is 2. The van der Waals surface area contributed by atoms with Crippen LogP contribution in [0.5, 0.6) is 0 Å². The van der Waals surface area contributed by atoms with Crippen LogP contribution in [0.2, 0.25) is 0 Å². The Balaban J connectivity index is 0.000000155. The van der Waals surface area contributed by atoms with Gasteiger partial charge >= 0.3 is 0 Å². The van der Waals surface area contributed by atoms with Gasteiger partial charge in [-0.3, -0.25) is 9.68 Å². The van der Waals surface area contributed by atoms with E-state index in [4.69, 9.17) is 28.6 Å². The summed E-state index contributed by atoms with van der Waals surface area (Å²) in [6.07, 6.45) is 0. The Morgan fingerprint density at radius 1 is 0.248 bits per heavy atom. The average Bonchev–Trinajstić information content (AvgIpc) is 1.86. The second-order valence-electron chi connectivity index (χ2n) is 28.4. The van der Waals surface area contributed by atoms with Crippen molar-refractivity contribution in [2.24, 2.45) is 63.4 Å². The highest BCUT2D eigenvalue weighted by atomic mass is 19.1. The van der Waals surface area contributed by atoms with Gasteiger partial charge in [-0.1, -0.05) is 169 Å². The molecular weight excluding hydrogens is 1710 g/mol. The SMILES string of the molecule is CNOCNc1ccc(-c2nnnn2C)cc1.CNOCc1ccc(-c2nnnn2C)cc1.COCNc1ccc(-c2nnnn2C)cc1.COCc1ccc(-c2nnnn2C)cc1.COCc1ccc(-c2nnnn2C)cc1.COCc1ccc(-c2nnnn2C)cc1.Cc1ccc(-c2nnnn2C)cc1.Cc1ccc(-c2nnnn2C)cc1.Cn1nnnc1-c1ccccc1F. The van der Waals surface area contributed by atoms with Gasteiger partial charge in [-0.05, 0) is 191 Å². The van der Waals surface area contributed by atoms with Gasteiger partial charge in [-0.2, -0.15) is 0 Å². The predicted molar refractivity (Wildman–Crippen MR) is 488 cm³/mol. The number of anilines is 2. The van der Waals surface area contributed by atoms with E-state index < -0.39 is 0 Å². The van der Waals surface area contributed by atoms with Gasteiger partial charge < -0.3 is 29.6 Å². The van der Waals surface area contributed by atoms with Crippen LogP contribution in [0.1, 0.15) is 33.4 Å². The molecule has 4 N–H and O–H groups in total. The number of nitrogens with zero attached hydrogens (tertiary/aromatic N) is 36. The summed E-state index contributed by atoms with van der Waals surface area (Å²) >= 11 is 0. The quantitative estimate of drug-likeness (QED) is 0.0237. The summed E-state index contributed by atoms with van der Waals surface area (Å²) in [4.78, 5) is 10.0. The Labute approximate surface area is 764 Å². The van der Waals surface area contributed by atoms with E-state index in [2.05, 4.69) is 175 Å². The van der Waals surface area contributed by atoms with E-state index in [1.165, 1.54) is 21.9 Å². The van der Waals surface area contributed by atoms with Crippen LogP contribution >= 0.6 is 0 Å². The molecule has 0 aliphatic carbocycles. The van der Waals surface area contributed by atoms with Crippen molar-refractivity contribution in [2.45, 2.75) is 40.3 Å². The fourth-order valence-electron chi connectivity index (χ4n) is 11.8. The summed E-state index contributed by atoms with van der Waals surface area (Å²) in [5, 5.41) is 107. The summed E-state index contributed by atoms with van der Waals surface area (Å²) in [7, 11) is 26.4. The Kier molecular flexibility index (Phi) is 38.9. The Morgan fingerprint density at radius 3 is 0.684 bits per heavy atom. The van der Waals surface area contributed by atoms with Crippen molar-refractivity contribution in [3.63, 3.8) is 0 Å². The largest absolute Gasteiger partial charge is 0.380 e. The second-order valence-corrected chi connectivity index (χ2v) is 28.4. The van der Waals surface area contributed by atoms with Gasteiger partial charge in [0.2, 0.25) is 0 Å². The second kappa shape index (κ2) is 52.3. The lowest BCUT2D eigenvalue weighted by Gasteiger charge is -2.06. The summed E-state index contributed by atoms with van der Waals surface area (Å²) in [6, 6.07) is 70.2. The molecule has 0 spiro atoms. The normalized spacial score (nSPS) is 10.5. The highest BCUT2D eigenvalue weighted by Gasteiger charge is 2.14. The molecule has 133 heavy (non-hydrogen) atoms. The molecule has 690 valence electrons. The highest BCUT2D eigenvalue weighted by Crippen LogP contribution is 2.25. The maximum atomic E-state index is 13.2. The predicted octanol–water partition coefficient (Wildman–Crippen LogP) is 8.28. The van der Waals surface area contributed by atoms with Gasteiger partial charge in [0.15, 0.2) is 52.4 Å². The molecule has 0 aliphatic heterocycles. The highest BCUT2D eigenvalue weighted by molar-refractivity contribution is 5.63. The van der Waals surface area contributed by atoms with E-state index in [0.29, 0.717) is 51.3 Å². The molecule has 47 heteroatoms. The fraction of sp³-hybridized carbons (Fsp3) is 0.267. The number of methoxy groups -OCH3 is 4. The van der Waals surface area contributed by atoms with Gasteiger partial charge in [-0.25, -0.2) is 57.5 Å². The Hall–Kier alpha value is -16.2. The monoisotopic (exact) mass is 1810 g/mol. The molecule has 0 unspecified atom stereocenters. The third-order valence-electron chi connectivity index (χ3n) is 18.7. The fourth-order valence-corrected chi connectivity index (χ4v) is 11.8. The summed E-state index contributed by atoms with van der Waals surface area (Å²) < 4.78 is 47.8. The maximum Gasteiger partial charge on any atom is 0.184 e. The third-order valence-corrected chi connectivity index (χ3v) is 18.7. The zero-order valence-electron chi connectivity index (χ0n) is 76.5. The molecule has 9 aromatic carbocycles. The number of hydrogen-bond acceptors (Lipinski definition) is 37. The maximum absolute atomic E-state index is 13.2. The molecule has 46 nitrogen and oxygen atoms in total. The third kappa shape index (κ3) is 30.2. The standard InChI is InChI=1S/C10H14N6O.2C10H13N5O.3C10H12N4O.2C9H10N4.C8H7FN4/c1-11-17-7-12-9-5-3-8(4-6-9)10-13-14-15-16(10)2;1-15-10(12-13-14-15)8-3-5-9(6-4-8)11-7-16-2;1-11-16-7-8-3-5-9(6-4-8)10-12-13-14-15(10)2;3*1-14-10(11-12-13-14)9-5-3-8(4-6-9)7-15-2;2*1-7-3-5-8(6-4-7)9-10-11-12-13(9)2;1-13-8(10-11-12-13)6-4-2-3-5-7(6)9/h3-6,11-12H,7H2,1-2H3;2*3-6,11H,7H2,1-2H3;3*3-6H,7H2,1-2H3;2*3-6H,1-2H3;2-5H,1H3. The number of aromatic nitrogens is 36. The number of rotatable bonds is 25. The number of hydrogen-bond donors (Lipinski definition) is 4. The molecule has 9 heterocycles. The first-order chi connectivity index (χ1) is 64.7. The lowest BCUT2D eigenvalue weighted by molar-refractivity contribution is 0.0444. The van der Waals surface area contributed by atoms with Gasteiger partial charge in [-0.15, -0.1) is 45.9 Å². The molecule has 0 saturated heterocycles. The van der Waals surface area contributed by atoms with Gasteiger partial charge in [0.25, 0.3) is 0 Å². The van der Waals surface area contributed by atoms with E-state index in [-0.39, 0.29) is 5.82 Å². The van der Waals surface area contributed by atoms with Crippen molar-refractivity contribution in [1.82, 2.24) is 193 Å². The number of nitrogens with one attached hydrogen (secondary N) is 4. The van der Waals surface area contributed by atoms with Crippen LogP contribution in [0.25, 0.3) is 102 Å². The van der Waals surface area contributed by atoms with Crippen molar-refractivity contribution in [3.8, 4) is 102 Å². The molecular formula is C86H103FN40O6. The molecule has 0 saturated carbocycles. The number of benzene rings is 9. The molecule has 0 atom stereocenters. The summed E-state index contributed by atoms with van der Waals surface area (Å²) in [5.41, 5.74) is 22.6. The smallest absolute Gasteiger partial charge is 0.184 e. The zero-order valence-corrected chi connectivity index (χ0v) is 76.5. The van der Waals surface area contributed by atoms with Gasteiger partial charge in [0.05, 0.1) is 32.0 Å². The van der Waals surface area contributed by atoms with Crippen LogP contribution in [-0.2, 0) is 118 Å². The van der Waals surface area contributed by atoms with E-state index in [1.54, 1.807) is 105 Å². The molecule has 0 fully saturated rings. The molecule has 18 aromatic rings. The molecule has 0 aliphatic rings. The van der Waals surface area contributed by atoms with Crippen LogP contribution in [0, 0.1) is 19.7 Å². The lowest BCUT2D eigenvalue weighted by atomic mass is 10.1. The molecule has 9 aromatic heterocycles. The average molecular weight is 1810 g/mol. The van der Waals surface area contributed by atoms with E-state index in [0.717, 1.165) is 125 Å². The first-order valence-corrected chi connectivity index (χ1v) is 40.7. The van der Waals surface area contributed by atoms with Crippen molar-refractivity contribution in [2.75, 3.05) is 66.6 Å². The van der Waals surface area contributed by atoms with Crippen LogP contribution in [0.3, 0.4) is 0 Å². The van der Waals surface area contributed by atoms with Crippen LogP contribution in [-0.4, -0.2) is 238 Å². The number of ether oxygens (including phenoxy) is 4. The van der Waals surface area contributed by atoms with Crippen molar-refractivity contribution in [1.29, 1.82) is 0 Å². The van der Waals surface area contributed by atoms with Crippen LogP contribution in [0.15, 0.2) is 218 Å². The number of aryl methyl sites for hydroxylation is 11. The molecule has 0 amide bonds. The first kappa shape index (κ1) is 99.0. The van der Waals surface area contributed by atoms with Crippen molar-refractivity contribution < 1.29 is 33.0 Å². The van der Waals surface area contributed by atoms with Crippen molar-refractivity contribution >= 4 is 11.4 Å². The van der Waals surface area contributed by atoms with E-state index in [9.17, 15) is 4.39 Å². The minimum absolute atomic E-state index is 0.319. The topological polar surface area (TPSA) is 496 Å². The summed E-state index contributed by atoms with van der Waals surface area (Å²) in [5.74, 6) is 6.22. The minimum atomic E-state index is -0.319. The van der Waals surface area contributed by atoms with E-state index in [1.807, 2.05) is 251 Å². The number of halogens is 1.